The summed E-state index contributed by atoms with van der Waals surface area (Å²) in [5.74, 6) is -0.263. The molecule has 8 heteroatoms. The summed E-state index contributed by atoms with van der Waals surface area (Å²) in [4.78, 5) is 12.5. The number of ether oxygens (including phenoxy) is 2. The van der Waals surface area contributed by atoms with Gasteiger partial charge in [-0.25, -0.2) is 8.42 Å². The molecule has 2 aliphatic heterocycles. The van der Waals surface area contributed by atoms with E-state index in [0.29, 0.717) is 25.4 Å². The van der Waals surface area contributed by atoms with Gasteiger partial charge in [0.1, 0.15) is 6.10 Å². The first kappa shape index (κ1) is 20.3. The summed E-state index contributed by atoms with van der Waals surface area (Å²) in [6.07, 6.45) is 4.42. The summed E-state index contributed by atoms with van der Waals surface area (Å²) in [6, 6.07) is 6.28. The quantitative estimate of drug-likeness (QED) is 0.765. The van der Waals surface area contributed by atoms with Crippen molar-refractivity contribution in [2.24, 2.45) is 0 Å². The standard InChI is InChI=1S/C19H28N2O5S/c1-15(26-14-17-6-2-5-13-25-17)19(22)20-16-7-9-18(10-8-16)27(23,24)21-11-3-4-12-21/h7-10,15,17H,2-6,11-14H2,1H3,(H,20,22). The van der Waals surface area contributed by atoms with Crippen LogP contribution in [0.2, 0.25) is 0 Å². The fraction of sp³-hybridized carbons (Fsp3) is 0.632. The lowest BCUT2D eigenvalue weighted by Gasteiger charge is -2.24. The highest BCUT2D eigenvalue weighted by Gasteiger charge is 2.27. The summed E-state index contributed by atoms with van der Waals surface area (Å²) < 4.78 is 37.8. The second kappa shape index (κ2) is 9.14. The Hall–Kier alpha value is -1.48. The Labute approximate surface area is 161 Å². The lowest BCUT2D eigenvalue weighted by molar-refractivity contribution is -0.130. The highest BCUT2D eigenvalue weighted by Crippen LogP contribution is 2.22. The average Bonchev–Trinajstić information content (AvgIpc) is 3.23. The van der Waals surface area contributed by atoms with Gasteiger partial charge in [0.25, 0.3) is 5.91 Å². The smallest absolute Gasteiger partial charge is 0.253 e. The highest BCUT2D eigenvalue weighted by molar-refractivity contribution is 7.89. The monoisotopic (exact) mass is 396 g/mol. The van der Waals surface area contributed by atoms with E-state index in [1.807, 2.05) is 0 Å². The molecule has 2 fully saturated rings. The molecular weight excluding hydrogens is 368 g/mol. The van der Waals surface area contributed by atoms with Crippen LogP contribution in [0.5, 0.6) is 0 Å². The molecule has 2 heterocycles. The van der Waals surface area contributed by atoms with Crippen LogP contribution in [0, 0.1) is 0 Å². The third kappa shape index (κ3) is 5.28. The Balaban J connectivity index is 1.51. The van der Waals surface area contributed by atoms with Gasteiger partial charge in [0.2, 0.25) is 10.0 Å². The van der Waals surface area contributed by atoms with Gasteiger partial charge in [0, 0.05) is 25.4 Å². The topological polar surface area (TPSA) is 84.9 Å². The molecule has 0 radical (unpaired) electrons. The SMILES string of the molecule is CC(OCC1CCCCO1)C(=O)Nc1ccc(S(=O)(=O)N2CCCC2)cc1. The molecule has 1 aromatic carbocycles. The molecule has 0 aliphatic carbocycles. The van der Waals surface area contributed by atoms with Crippen molar-refractivity contribution < 1.29 is 22.7 Å². The van der Waals surface area contributed by atoms with E-state index >= 15 is 0 Å². The first-order chi connectivity index (χ1) is 13.0. The van der Waals surface area contributed by atoms with Crippen LogP contribution >= 0.6 is 0 Å². The first-order valence-electron chi connectivity index (χ1n) is 9.61. The minimum Gasteiger partial charge on any atom is -0.376 e. The molecule has 1 N–H and O–H groups in total. The third-order valence-electron chi connectivity index (χ3n) is 5.00. The summed E-state index contributed by atoms with van der Waals surface area (Å²) >= 11 is 0. The fourth-order valence-corrected chi connectivity index (χ4v) is 4.81. The normalized spacial score (nSPS) is 22.5. The second-order valence-corrected chi connectivity index (χ2v) is 9.03. The minimum atomic E-state index is -3.44. The van der Waals surface area contributed by atoms with Crippen LogP contribution < -0.4 is 5.32 Å². The largest absolute Gasteiger partial charge is 0.376 e. The van der Waals surface area contributed by atoms with Crippen molar-refractivity contribution in [1.29, 1.82) is 0 Å². The molecule has 2 atom stereocenters. The molecule has 7 nitrogen and oxygen atoms in total. The number of nitrogens with zero attached hydrogens (tertiary/aromatic N) is 1. The minimum absolute atomic E-state index is 0.0593. The number of nitrogens with one attached hydrogen (secondary N) is 1. The maximum Gasteiger partial charge on any atom is 0.253 e. The summed E-state index contributed by atoms with van der Waals surface area (Å²) in [7, 11) is -3.44. The van der Waals surface area contributed by atoms with Crippen LogP contribution in [0.3, 0.4) is 0 Å². The van der Waals surface area contributed by atoms with Crippen molar-refractivity contribution in [3.8, 4) is 0 Å². The number of rotatable bonds is 7. The number of sulfonamides is 1. The molecular formula is C19H28N2O5S. The molecule has 1 amide bonds. The van der Waals surface area contributed by atoms with Crippen molar-refractivity contribution in [3.05, 3.63) is 24.3 Å². The summed E-state index contributed by atoms with van der Waals surface area (Å²) in [5, 5.41) is 2.76. The van der Waals surface area contributed by atoms with Gasteiger partial charge in [-0.1, -0.05) is 0 Å². The molecule has 150 valence electrons. The predicted molar refractivity (Wildman–Crippen MR) is 102 cm³/mol. The van der Waals surface area contributed by atoms with Crippen molar-refractivity contribution in [2.45, 2.75) is 56.1 Å². The maximum absolute atomic E-state index is 12.5. The number of carbonyl (C=O) groups excluding carboxylic acids is 1. The Bertz CT molecular complexity index is 723. The molecule has 0 spiro atoms. The van der Waals surface area contributed by atoms with E-state index in [4.69, 9.17) is 9.47 Å². The van der Waals surface area contributed by atoms with Crippen LogP contribution in [0.1, 0.15) is 39.0 Å². The zero-order valence-corrected chi connectivity index (χ0v) is 16.5. The molecule has 0 bridgehead atoms. The number of anilines is 1. The molecule has 2 unspecified atom stereocenters. The Kier molecular flexibility index (Phi) is 6.86. The van der Waals surface area contributed by atoms with Crippen LogP contribution in [-0.4, -0.2) is 57.1 Å². The van der Waals surface area contributed by atoms with Gasteiger partial charge < -0.3 is 14.8 Å². The summed E-state index contributed by atoms with van der Waals surface area (Å²) in [5.41, 5.74) is 0.546. The van der Waals surface area contributed by atoms with E-state index in [2.05, 4.69) is 5.32 Å². The number of hydrogen-bond acceptors (Lipinski definition) is 5. The second-order valence-electron chi connectivity index (χ2n) is 7.09. The molecule has 0 aromatic heterocycles. The number of amides is 1. The summed E-state index contributed by atoms with van der Waals surface area (Å²) in [6.45, 7) is 3.99. The van der Waals surface area contributed by atoms with Crippen molar-refractivity contribution in [2.75, 3.05) is 31.6 Å². The van der Waals surface area contributed by atoms with Gasteiger partial charge in [0.05, 0.1) is 17.6 Å². The van der Waals surface area contributed by atoms with E-state index in [-0.39, 0.29) is 16.9 Å². The molecule has 2 aliphatic rings. The van der Waals surface area contributed by atoms with E-state index in [1.165, 1.54) is 16.4 Å². The molecule has 1 aromatic rings. The average molecular weight is 397 g/mol. The molecule has 2 saturated heterocycles. The number of carbonyl (C=O) groups is 1. The van der Waals surface area contributed by atoms with Gasteiger partial charge in [0.15, 0.2) is 0 Å². The number of hydrogen-bond donors (Lipinski definition) is 1. The lowest BCUT2D eigenvalue weighted by Crippen LogP contribution is -2.32. The highest BCUT2D eigenvalue weighted by atomic mass is 32.2. The van der Waals surface area contributed by atoms with Gasteiger partial charge in [-0.05, 0) is 63.3 Å². The first-order valence-corrected chi connectivity index (χ1v) is 11.0. The molecule has 27 heavy (non-hydrogen) atoms. The van der Waals surface area contributed by atoms with E-state index < -0.39 is 16.1 Å². The Morgan fingerprint density at radius 1 is 1.22 bits per heavy atom. The molecule has 3 rings (SSSR count). The lowest BCUT2D eigenvalue weighted by atomic mass is 10.1. The van der Waals surface area contributed by atoms with Crippen LogP contribution in [0.25, 0.3) is 0 Å². The van der Waals surface area contributed by atoms with Gasteiger partial charge in [-0.15, -0.1) is 0 Å². The third-order valence-corrected chi connectivity index (χ3v) is 6.91. The predicted octanol–water partition coefficient (Wildman–Crippen LogP) is 2.38. The van der Waals surface area contributed by atoms with Crippen LogP contribution in [0.15, 0.2) is 29.2 Å². The van der Waals surface area contributed by atoms with Crippen molar-refractivity contribution >= 4 is 21.6 Å². The van der Waals surface area contributed by atoms with E-state index in [9.17, 15) is 13.2 Å². The Morgan fingerprint density at radius 2 is 1.93 bits per heavy atom. The fourth-order valence-electron chi connectivity index (χ4n) is 3.30. The van der Waals surface area contributed by atoms with E-state index in [1.54, 1.807) is 19.1 Å². The number of benzene rings is 1. The van der Waals surface area contributed by atoms with Crippen molar-refractivity contribution in [3.63, 3.8) is 0 Å². The van der Waals surface area contributed by atoms with Crippen LogP contribution in [0.4, 0.5) is 5.69 Å². The van der Waals surface area contributed by atoms with Gasteiger partial charge in [-0.2, -0.15) is 4.31 Å². The van der Waals surface area contributed by atoms with E-state index in [0.717, 1.165) is 38.7 Å². The maximum atomic E-state index is 12.5. The molecule has 0 saturated carbocycles. The van der Waals surface area contributed by atoms with Gasteiger partial charge >= 0.3 is 0 Å². The van der Waals surface area contributed by atoms with Gasteiger partial charge in [-0.3, -0.25) is 4.79 Å². The zero-order chi connectivity index (χ0) is 19.3. The Morgan fingerprint density at radius 3 is 2.56 bits per heavy atom. The zero-order valence-electron chi connectivity index (χ0n) is 15.7. The van der Waals surface area contributed by atoms with Crippen LogP contribution in [-0.2, 0) is 24.3 Å². The van der Waals surface area contributed by atoms with Crippen molar-refractivity contribution in [1.82, 2.24) is 4.31 Å².